The molecule has 0 aromatic heterocycles. The second-order valence-electron chi connectivity index (χ2n) is 1.34. The second kappa shape index (κ2) is 2.18. The molecule has 0 heterocycles. The summed E-state index contributed by atoms with van der Waals surface area (Å²) >= 11 is 7.92. The molecule has 0 aliphatic heterocycles. The number of alkyl halides is 1. The van der Waals surface area contributed by atoms with Crippen molar-refractivity contribution in [3.63, 3.8) is 0 Å². The Morgan fingerprint density at radius 3 is 2.57 bits per heavy atom. The second-order valence-corrected chi connectivity index (χ2v) is 3.05. The lowest BCUT2D eigenvalue weighted by molar-refractivity contribution is 1.44. The first kappa shape index (κ1) is 5.63. The summed E-state index contributed by atoms with van der Waals surface area (Å²) in [5.74, 6) is 0. The zero-order chi connectivity index (χ0) is 5.28. The van der Waals surface area contributed by atoms with E-state index >= 15 is 0 Å². The van der Waals surface area contributed by atoms with Crippen LogP contribution in [0, 0.1) is 0 Å². The van der Waals surface area contributed by atoms with Crippen LogP contribution in [0.2, 0.25) is 0 Å². The number of rotatable bonds is 0. The SMILES string of the molecule is ClC1C=CC=C1I. The minimum absolute atomic E-state index is 0.153. The van der Waals surface area contributed by atoms with Gasteiger partial charge in [0.15, 0.2) is 0 Å². The summed E-state index contributed by atoms with van der Waals surface area (Å²) in [5, 5.41) is 0.153. The van der Waals surface area contributed by atoms with Crippen molar-refractivity contribution in [3.8, 4) is 0 Å². The van der Waals surface area contributed by atoms with Crippen LogP contribution in [0.3, 0.4) is 0 Å². The van der Waals surface area contributed by atoms with Crippen LogP contribution in [-0.2, 0) is 0 Å². The van der Waals surface area contributed by atoms with Crippen LogP contribution in [0.5, 0.6) is 0 Å². The first-order valence-electron chi connectivity index (χ1n) is 1.98. The van der Waals surface area contributed by atoms with Crippen LogP contribution in [0.1, 0.15) is 0 Å². The summed E-state index contributed by atoms with van der Waals surface area (Å²) in [6.07, 6.45) is 5.95. The molecule has 0 aromatic carbocycles. The Morgan fingerprint density at radius 2 is 2.43 bits per heavy atom. The van der Waals surface area contributed by atoms with Gasteiger partial charge in [-0.15, -0.1) is 11.6 Å². The van der Waals surface area contributed by atoms with Crippen LogP contribution >= 0.6 is 34.2 Å². The molecule has 1 atom stereocenters. The Balaban J connectivity index is 2.69. The molecule has 1 rings (SSSR count). The zero-order valence-electron chi connectivity index (χ0n) is 3.57. The Morgan fingerprint density at radius 1 is 1.71 bits per heavy atom. The zero-order valence-corrected chi connectivity index (χ0v) is 6.48. The van der Waals surface area contributed by atoms with E-state index in [0.29, 0.717) is 0 Å². The minimum atomic E-state index is 0.153. The number of hydrogen-bond donors (Lipinski definition) is 0. The quantitative estimate of drug-likeness (QED) is 0.440. The molecule has 0 amide bonds. The van der Waals surface area contributed by atoms with Crippen LogP contribution in [0.25, 0.3) is 0 Å². The summed E-state index contributed by atoms with van der Waals surface area (Å²) in [6, 6.07) is 0. The van der Waals surface area contributed by atoms with Crippen LogP contribution < -0.4 is 0 Å². The molecule has 0 aromatic rings. The van der Waals surface area contributed by atoms with Gasteiger partial charge in [0.1, 0.15) is 0 Å². The van der Waals surface area contributed by atoms with Gasteiger partial charge < -0.3 is 0 Å². The predicted molar refractivity (Wildman–Crippen MR) is 40.9 cm³/mol. The number of halogens is 2. The van der Waals surface area contributed by atoms with Crippen molar-refractivity contribution in [2.24, 2.45) is 0 Å². The summed E-state index contributed by atoms with van der Waals surface area (Å²) in [5.41, 5.74) is 0. The molecule has 1 aliphatic rings. The van der Waals surface area contributed by atoms with Gasteiger partial charge in [0, 0.05) is 3.58 Å². The molecule has 0 nitrogen and oxygen atoms in total. The highest BCUT2D eigenvalue weighted by Gasteiger charge is 2.05. The van der Waals surface area contributed by atoms with E-state index in [2.05, 4.69) is 22.6 Å². The molecular weight excluding hydrogens is 222 g/mol. The van der Waals surface area contributed by atoms with Gasteiger partial charge in [0.05, 0.1) is 5.38 Å². The monoisotopic (exact) mass is 226 g/mol. The molecule has 1 aliphatic carbocycles. The van der Waals surface area contributed by atoms with E-state index < -0.39 is 0 Å². The van der Waals surface area contributed by atoms with Gasteiger partial charge in [0.2, 0.25) is 0 Å². The lowest BCUT2D eigenvalue weighted by Gasteiger charge is -1.91. The molecule has 7 heavy (non-hydrogen) atoms. The van der Waals surface area contributed by atoms with Gasteiger partial charge >= 0.3 is 0 Å². The molecule has 0 bridgehead atoms. The van der Waals surface area contributed by atoms with Gasteiger partial charge in [-0.3, -0.25) is 0 Å². The Hall–Kier alpha value is 0.500. The maximum atomic E-state index is 5.70. The molecule has 0 fully saturated rings. The highest BCUT2D eigenvalue weighted by molar-refractivity contribution is 14.1. The van der Waals surface area contributed by atoms with Crippen molar-refractivity contribution in [3.05, 3.63) is 21.8 Å². The molecular formula is C5H4ClI. The smallest absolute Gasteiger partial charge is 0.0825 e. The van der Waals surface area contributed by atoms with Crippen molar-refractivity contribution in [2.45, 2.75) is 5.38 Å². The third kappa shape index (κ3) is 1.19. The van der Waals surface area contributed by atoms with E-state index in [1.165, 1.54) is 3.58 Å². The van der Waals surface area contributed by atoms with Gasteiger partial charge in [0.25, 0.3) is 0 Å². The van der Waals surface area contributed by atoms with Gasteiger partial charge in [-0.25, -0.2) is 0 Å². The summed E-state index contributed by atoms with van der Waals surface area (Å²) in [6.45, 7) is 0. The van der Waals surface area contributed by atoms with Crippen LogP contribution in [0.4, 0.5) is 0 Å². The molecule has 0 saturated heterocycles. The molecule has 0 radical (unpaired) electrons. The Labute approximate surface area is 61.4 Å². The van der Waals surface area contributed by atoms with Crippen molar-refractivity contribution in [2.75, 3.05) is 0 Å². The van der Waals surface area contributed by atoms with E-state index in [9.17, 15) is 0 Å². The fourth-order valence-corrected chi connectivity index (χ4v) is 1.00. The maximum absolute atomic E-state index is 5.70. The lowest BCUT2D eigenvalue weighted by atomic mass is 10.5. The fourth-order valence-electron chi connectivity index (χ4n) is 0.429. The van der Waals surface area contributed by atoms with Crippen molar-refractivity contribution < 1.29 is 0 Å². The molecule has 1 unspecified atom stereocenters. The minimum Gasteiger partial charge on any atom is -0.113 e. The van der Waals surface area contributed by atoms with E-state index in [1.807, 2.05) is 18.2 Å². The molecule has 38 valence electrons. The number of allylic oxidation sites excluding steroid dienone is 4. The van der Waals surface area contributed by atoms with Crippen molar-refractivity contribution >= 4 is 34.2 Å². The van der Waals surface area contributed by atoms with Gasteiger partial charge in [-0.05, 0) is 22.6 Å². The molecule has 0 saturated carbocycles. The highest BCUT2D eigenvalue weighted by Crippen LogP contribution is 2.22. The predicted octanol–water partition coefficient (Wildman–Crippen LogP) is 2.48. The highest BCUT2D eigenvalue weighted by atomic mass is 127. The maximum Gasteiger partial charge on any atom is 0.0825 e. The van der Waals surface area contributed by atoms with E-state index in [-0.39, 0.29) is 5.38 Å². The average molecular weight is 226 g/mol. The first-order valence-corrected chi connectivity index (χ1v) is 3.50. The van der Waals surface area contributed by atoms with Crippen molar-refractivity contribution in [1.29, 1.82) is 0 Å². The van der Waals surface area contributed by atoms with Crippen LogP contribution in [-0.4, -0.2) is 5.38 Å². The van der Waals surface area contributed by atoms with Gasteiger partial charge in [-0.2, -0.15) is 0 Å². The Bertz CT molecular complexity index is 126. The summed E-state index contributed by atoms with van der Waals surface area (Å²) in [4.78, 5) is 0. The standard InChI is InChI=1S/C5H4ClI/c6-4-2-1-3-5(4)7/h1-4H. The summed E-state index contributed by atoms with van der Waals surface area (Å²) in [7, 11) is 0. The molecule has 2 heteroatoms. The number of hydrogen-bond acceptors (Lipinski definition) is 0. The van der Waals surface area contributed by atoms with E-state index in [0.717, 1.165) is 0 Å². The fraction of sp³-hybridized carbons (Fsp3) is 0.200. The lowest BCUT2D eigenvalue weighted by Crippen LogP contribution is -1.84. The molecule has 0 N–H and O–H groups in total. The van der Waals surface area contributed by atoms with E-state index in [1.54, 1.807) is 0 Å². The molecule has 0 spiro atoms. The first-order chi connectivity index (χ1) is 3.30. The average Bonchev–Trinajstić information content (AvgIpc) is 1.91. The largest absolute Gasteiger partial charge is 0.113 e. The topological polar surface area (TPSA) is 0 Å². The third-order valence-corrected chi connectivity index (χ3v) is 2.58. The van der Waals surface area contributed by atoms with E-state index in [4.69, 9.17) is 11.6 Å². The van der Waals surface area contributed by atoms with Crippen molar-refractivity contribution in [1.82, 2.24) is 0 Å². The Kier molecular flexibility index (Phi) is 1.75. The third-order valence-electron chi connectivity index (χ3n) is 0.799. The normalized spacial score (nSPS) is 28.3. The van der Waals surface area contributed by atoms with Crippen LogP contribution in [0.15, 0.2) is 21.8 Å². The van der Waals surface area contributed by atoms with Gasteiger partial charge in [-0.1, -0.05) is 18.2 Å². The summed E-state index contributed by atoms with van der Waals surface area (Å²) < 4.78 is 1.21.